The highest BCUT2D eigenvalue weighted by molar-refractivity contribution is 6.32. The van der Waals surface area contributed by atoms with Crippen LogP contribution >= 0.6 is 0 Å². The maximum Gasteiger partial charge on any atom is 0.261 e. The van der Waals surface area contributed by atoms with Gasteiger partial charge in [0.05, 0.1) is 24.1 Å². The predicted molar refractivity (Wildman–Crippen MR) is 144 cm³/mol. The SMILES string of the molecule is CN(C)[C@@H]1C(=O)C(C(N)=O)C(=O)[C@@]2(O)C(=O)C3C(=O)c4c(cc5ccc(CN6CCC(F)(F)C6)cc5c4O)C[C@H]3C[C@@H]12. The quantitative estimate of drug-likeness (QED) is 0.444. The molecule has 3 fully saturated rings. The lowest BCUT2D eigenvalue weighted by Gasteiger charge is -2.52. The van der Waals surface area contributed by atoms with E-state index in [2.05, 4.69) is 0 Å². The molecule has 1 saturated heterocycles. The molecule has 222 valence electrons. The van der Waals surface area contributed by atoms with E-state index in [4.69, 9.17) is 5.73 Å². The number of fused-ring (bicyclic) bond motifs is 4. The third-order valence-electron chi connectivity index (χ3n) is 9.59. The first kappa shape index (κ1) is 28.5. The van der Waals surface area contributed by atoms with Crippen LogP contribution in [0.2, 0.25) is 0 Å². The zero-order valence-electron chi connectivity index (χ0n) is 23.1. The second kappa shape index (κ2) is 9.45. The Morgan fingerprint density at radius 2 is 1.86 bits per heavy atom. The van der Waals surface area contributed by atoms with E-state index in [-0.39, 0.29) is 50.2 Å². The molecule has 10 nitrogen and oxygen atoms in total. The van der Waals surface area contributed by atoms with Gasteiger partial charge in [0.1, 0.15) is 5.75 Å². The molecule has 1 heterocycles. The minimum atomic E-state index is -2.78. The number of primary amides is 1. The molecule has 2 unspecified atom stereocenters. The van der Waals surface area contributed by atoms with E-state index in [9.17, 15) is 43.0 Å². The Balaban J connectivity index is 1.39. The highest BCUT2D eigenvalue weighted by Crippen LogP contribution is 2.51. The van der Waals surface area contributed by atoms with Crippen molar-refractivity contribution in [3.05, 3.63) is 41.0 Å². The number of ketones is 4. The number of phenols is 1. The fourth-order valence-electron chi connectivity index (χ4n) is 7.72. The lowest BCUT2D eigenvalue weighted by Crippen LogP contribution is -2.74. The van der Waals surface area contributed by atoms with E-state index in [1.54, 1.807) is 29.2 Å². The monoisotopic (exact) mass is 583 g/mol. The second-order valence-corrected chi connectivity index (χ2v) is 12.4. The third-order valence-corrected chi connectivity index (χ3v) is 9.59. The van der Waals surface area contributed by atoms with E-state index in [1.165, 1.54) is 19.0 Å². The number of hydrogen-bond acceptors (Lipinski definition) is 9. The van der Waals surface area contributed by atoms with Gasteiger partial charge >= 0.3 is 0 Å². The summed E-state index contributed by atoms with van der Waals surface area (Å²) in [5.41, 5.74) is 3.61. The topological polar surface area (TPSA) is 158 Å². The van der Waals surface area contributed by atoms with Gasteiger partial charge in [0, 0.05) is 30.8 Å². The van der Waals surface area contributed by atoms with Gasteiger partial charge in [-0.3, -0.25) is 33.8 Å². The average Bonchev–Trinajstić information content (AvgIpc) is 3.24. The van der Waals surface area contributed by atoms with Gasteiger partial charge in [0.2, 0.25) is 5.91 Å². The fraction of sp³-hybridized carbons (Fsp3) is 0.500. The fourth-order valence-corrected chi connectivity index (χ4v) is 7.72. The molecule has 0 aromatic heterocycles. The standard InChI is InChI=1S/C30H31F2N3O7/c1-34(2)22-18-10-16-9-15-8-14-4-3-13(11-35-6-5-29(31,32)12-35)7-17(14)23(36)19(15)24(37)20(16)26(39)30(18,42)27(40)21(25(22)38)28(33)41/h3-4,7-8,16,18,20-22,36,42H,5-6,9-12H2,1-2H3,(H2,33,41)/t16-,18-,20?,21?,22-,30-/m0/s1. The first-order valence-corrected chi connectivity index (χ1v) is 13.9. The van der Waals surface area contributed by atoms with Gasteiger partial charge in [-0.1, -0.05) is 18.2 Å². The van der Waals surface area contributed by atoms with Crippen LogP contribution in [-0.4, -0.2) is 93.8 Å². The second-order valence-electron chi connectivity index (χ2n) is 12.4. The number of phenolic OH excluding ortho intramolecular Hbond substituents is 1. The molecule has 0 spiro atoms. The molecule has 4 N–H and O–H groups in total. The van der Waals surface area contributed by atoms with Gasteiger partial charge in [-0.15, -0.1) is 0 Å². The first-order chi connectivity index (χ1) is 19.7. The minimum Gasteiger partial charge on any atom is -0.507 e. The van der Waals surface area contributed by atoms with Crippen LogP contribution in [-0.2, 0) is 32.1 Å². The normalized spacial score (nSPS) is 32.7. The van der Waals surface area contributed by atoms with Gasteiger partial charge in [-0.05, 0) is 55.4 Å². The number of halogens is 2. The van der Waals surface area contributed by atoms with Crippen molar-refractivity contribution >= 4 is 39.8 Å². The summed E-state index contributed by atoms with van der Waals surface area (Å²) in [5, 5.41) is 23.9. The summed E-state index contributed by atoms with van der Waals surface area (Å²) in [5.74, 6) is -13.7. The van der Waals surface area contributed by atoms with Crippen LogP contribution in [0.3, 0.4) is 0 Å². The zero-order chi connectivity index (χ0) is 30.5. The predicted octanol–water partition coefficient (Wildman–Crippen LogP) is 0.861. The Morgan fingerprint density at radius 3 is 2.48 bits per heavy atom. The van der Waals surface area contributed by atoms with Crippen molar-refractivity contribution in [1.29, 1.82) is 0 Å². The van der Waals surface area contributed by atoms with E-state index >= 15 is 0 Å². The molecule has 2 saturated carbocycles. The van der Waals surface area contributed by atoms with Crippen molar-refractivity contribution in [2.24, 2.45) is 29.4 Å². The number of rotatable bonds is 4. The van der Waals surface area contributed by atoms with Crippen LogP contribution in [0, 0.1) is 23.7 Å². The number of likely N-dealkylation sites (N-methyl/N-ethyl adjacent to an activating group) is 1. The van der Waals surface area contributed by atoms with Crippen molar-refractivity contribution in [3.8, 4) is 5.75 Å². The highest BCUT2D eigenvalue weighted by atomic mass is 19.3. The van der Waals surface area contributed by atoms with Crippen molar-refractivity contribution in [1.82, 2.24) is 9.80 Å². The van der Waals surface area contributed by atoms with Crippen LogP contribution in [0.15, 0.2) is 24.3 Å². The molecule has 4 aliphatic rings. The number of aromatic hydroxyl groups is 1. The van der Waals surface area contributed by atoms with Crippen LogP contribution in [0.25, 0.3) is 10.8 Å². The number of hydrogen-bond donors (Lipinski definition) is 3. The Bertz CT molecular complexity index is 1590. The number of benzene rings is 2. The van der Waals surface area contributed by atoms with Crippen molar-refractivity contribution in [2.45, 2.75) is 43.4 Å². The van der Waals surface area contributed by atoms with E-state index < -0.39 is 70.3 Å². The molecule has 6 atom stereocenters. The van der Waals surface area contributed by atoms with Gasteiger partial charge in [0.25, 0.3) is 5.92 Å². The number of amides is 1. The molecule has 12 heteroatoms. The van der Waals surface area contributed by atoms with Gasteiger partial charge in [-0.2, -0.15) is 0 Å². The van der Waals surface area contributed by atoms with E-state index in [0.717, 1.165) is 0 Å². The summed E-state index contributed by atoms with van der Waals surface area (Å²) in [6, 6.07) is 5.72. The highest BCUT2D eigenvalue weighted by Gasteiger charge is 2.69. The molecule has 3 aliphatic carbocycles. The molecule has 0 radical (unpaired) electrons. The average molecular weight is 584 g/mol. The molecule has 0 bridgehead atoms. The largest absolute Gasteiger partial charge is 0.507 e. The minimum absolute atomic E-state index is 0.0257. The molecule has 2 aromatic rings. The number of likely N-dealkylation sites (tertiary alicyclic amines) is 1. The summed E-state index contributed by atoms with van der Waals surface area (Å²) in [6.45, 7) is 0.0806. The summed E-state index contributed by atoms with van der Waals surface area (Å²) in [7, 11) is 3.06. The van der Waals surface area contributed by atoms with Crippen LogP contribution in [0.5, 0.6) is 5.75 Å². The maximum atomic E-state index is 13.9. The van der Waals surface area contributed by atoms with Gasteiger partial charge in [0.15, 0.2) is 34.7 Å². The van der Waals surface area contributed by atoms with Crippen molar-refractivity contribution in [2.75, 3.05) is 27.2 Å². The lowest BCUT2D eigenvalue weighted by molar-refractivity contribution is -0.181. The summed E-state index contributed by atoms with van der Waals surface area (Å²) < 4.78 is 27.4. The summed E-state index contributed by atoms with van der Waals surface area (Å²) >= 11 is 0. The smallest absolute Gasteiger partial charge is 0.261 e. The number of nitrogens with two attached hydrogens (primary N) is 1. The number of nitrogens with zero attached hydrogens (tertiary/aromatic N) is 2. The van der Waals surface area contributed by atoms with Crippen molar-refractivity contribution in [3.63, 3.8) is 0 Å². The van der Waals surface area contributed by atoms with Crippen LogP contribution < -0.4 is 5.73 Å². The number of aliphatic hydroxyl groups is 1. The zero-order valence-corrected chi connectivity index (χ0v) is 23.1. The molecule has 42 heavy (non-hydrogen) atoms. The lowest BCUT2D eigenvalue weighted by atomic mass is 9.52. The number of Topliss-reactive ketones (excluding diaryl/α,β-unsaturated/α-hetero) is 4. The first-order valence-electron chi connectivity index (χ1n) is 13.9. The third kappa shape index (κ3) is 4.03. The Morgan fingerprint density at radius 1 is 1.14 bits per heavy atom. The molecular formula is C30H31F2N3O7. The Hall–Kier alpha value is -3.61. The Kier molecular flexibility index (Phi) is 6.41. The Labute approximate surface area is 239 Å². The molecular weight excluding hydrogens is 552 g/mol. The number of carbonyl (C=O) groups excluding carboxylic acids is 5. The van der Waals surface area contributed by atoms with Gasteiger partial charge in [-0.25, -0.2) is 8.78 Å². The summed E-state index contributed by atoms with van der Waals surface area (Å²) in [4.78, 5) is 69.6. The van der Waals surface area contributed by atoms with E-state index in [1.807, 2.05) is 0 Å². The molecule has 2 aromatic carbocycles. The maximum absolute atomic E-state index is 13.9. The van der Waals surface area contributed by atoms with E-state index in [0.29, 0.717) is 21.9 Å². The van der Waals surface area contributed by atoms with Crippen molar-refractivity contribution < 1.29 is 43.0 Å². The molecule has 6 rings (SSSR count). The molecule has 1 aliphatic heterocycles. The van der Waals surface area contributed by atoms with Gasteiger partial charge < -0.3 is 15.9 Å². The van der Waals surface area contributed by atoms with Crippen LogP contribution in [0.1, 0.15) is 34.3 Å². The number of alkyl halides is 2. The molecule has 1 amide bonds. The number of carbonyl (C=O) groups is 5. The summed E-state index contributed by atoms with van der Waals surface area (Å²) in [6.07, 6.45) is -0.0914. The van der Waals surface area contributed by atoms with Crippen LogP contribution in [0.4, 0.5) is 8.78 Å².